The maximum absolute atomic E-state index is 10.9. The van der Waals surface area contributed by atoms with Gasteiger partial charge in [0, 0.05) is 0 Å². The van der Waals surface area contributed by atoms with Gasteiger partial charge in [-0.3, -0.25) is 0 Å². The second-order valence-electron chi connectivity index (χ2n) is 2.88. The Kier molecular flexibility index (Phi) is 4.13. The number of benzene rings is 1. The Bertz CT molecular complexity index is 345. The summed E-state index contributed by atoms with van der Waals surface area (Å²) < 4.78 is 19.8. The van der Waals surface area contributed by atoms with Crippen molar-refractivity contribution in [2.45, 2.75) is 12.8 Å². The Hall–Kier alpha value is -0.151. The van der Waals surface area contributed by atoms with Gasteiger partial charge in [-0.2, -0.15) is 0 Å². The fourth-order valence-electron chi connectivity index (χ4n) is 1.10. The van der Waals surface area contributed by atoms with Crippen LogP contribution in [0.25, 0.3) is 0 Å². The van der Waals surface area contributed by atoms with E-state index in [-0.39, 0.29) is 0 Å². The Labute approximate surface area is 85.9 Å². The van der Waals surface area contributed by atoms with Gasteiger partial charge in [-0.1, -0.05) is 0 Å². The third-order valence-electron chi connectivity index (χ3n) is 1.71. The molecule has 0 aliphatic heterocycles. The number of aryl methyl sites for hydroxylation is 1. The fraction of sp³-hybridized carbons (Fsp3) is 0.333. The molecule has 1 rings (SSSR count). The first-order valence-electron chi connectivity index (χ1n) is 4.07. The standard InChI is InChI=1S/C9H12O2SSe/c10-12(11,13)8-4-7-9-5-2-1-3-6-9/h1-3,5-6H,4,7-8H2,(H,10,11,13). The average Bonchev–Trinajstić information content (AvgIpc) is 2.04. The van der Waals surface area contributed by atoms with Crippen molar-refractivity contribution in [2.24, 2.45) is 0 Å². The summed E-state index contributed by atoms with van der Waals surface area (Å²) in [5.74, 6) is 0.335. The van der Waals surface area contributed by atoms with Crippen LogP contribution < -0.4 is 0 Å². The van der Waals surface area contributed by atoms with E-state index in [9.17, 15) is 4.21 Å². The normalized spacial score (nSPS) is 15.2. The van der Waals surface area contributed by atoms with Crippen molar-refractivity contribution in [3.63, 3.8) is 0 Å². The van der Waals surface area contributed by atoms with Crippen molar-refractivity contribution in [1.29, 1.82) is 0 Å². The second kappa shape index (κ2) is 4.91. The molecule has 0 saturated carbocycles. The van der Waals surface area contributed by atoms with Crippen LogP contribution in [0.3, 0.4) is 0 Å². The molecule has 13 heavy (non-hydrogen) atoms. The average molecular weight is 263 g/mol. The summed E-state index contributed by atoms with van der Waals surface area (Å²) in [5.41, 5.74) is 1.21. The van der Waals surface area contributed by atoms with Gasteiger partial charge in [0.2, 0.25) is 0 Å². The van der Waals surface area contributed by atoms with Gasteiger partial charge in [0.1, 0.15) is 0 Å². The van der Waals surface area contributed by atoms with Crippen LogP contribution >= 0.6 is 0 Å². The topological polar surface area (TPSA) is 37.3 Å². The number of hydrogen-bond acceptors (Lipinski definition) is 1. The summed E-state index contributed by atoms with van der Waals surface area (Å²) in [7, 11) is -2.67. The maximum atomic E-state index is 10.9. The van der Waals surface area contributed by atoms with E-state index in [4.69, 9.17) is 4.55 Å². The van der Waals surface area contributed by atoms with Gasteiger partial charge < -0.3 is 0 Å². The molecular weight excluding hydrogens is 251 g/mol. The molecule has 72 valence electrons. The molecule has 0 heterocycles. The Morgan fingerprint density at radius 2 is 1.92 bits per heavy atom. The quantitative estimate of drug-likeness (QED) is 0.835. The first-order valence-corrected chi connectivity index (χ1v) is 7.78. The molecule has 2 nitrogen and oxygen atoms in total. The van der Waals surface area contributed by atoms with Crippen LogP contribution in [0.4, 0.5) is 0 Å². The van der Waals surface area contributed by atoms with E-state index < -0.39 is 8.14 Å². The van der Waals surface area contributed by atoms with Crippen molar-refractivity contribution in [3.8, 4) is 0 Å². The van der Waals surface area contributed by atoms with E-state index in [1.165, 1.54) is 5.56 Å². The van der Waals surface area contributed by atoms with E-state index in [1.807, 2.05) is 30.3 Å². The molecule has 0 aromatic heterocycles. The van der Waals surface area contributed by atoms with Gasteiger partial charge in [0.25, 0.3) is 0 Å². The first-order chi connectivity index (χ1) is 6.08. The Morgan fingerprint density at radius 1 is 1.31 bits per heavy atom. The predicted octanol–water partition coefficient (Wildman–Crippen LogP) is 1.46. The summed E-state index contributed by atoms with van der Waals surface area (Å²) in [6.07, 6.45) is 1.60. The van der Waals surface area contributed by atoms with Crippen molar-refractivity contribution in [3.05, 3.63) is 35.9 Å². The third-order valence-corrected chi connectivity index (χ3v) is 3.56. The van der Waals surface area contributed by atoms with E-state index in [2.05, 4.69) is 14.4 Å². The summed E-state index contributed by atoms with van der Waals surface area (Å²) >= 11 is 2.29. The minimum atomic E-state index is -2.67. The van der Waals surface area contributed by atoms with E-state index >= 15 is 0 Å². The van der Waals surface area contributed by atoms with Crippen LogP contribution in [0.1, 0.15) is 12.0 Å². The van der Waals surface area contributed by atoms with Gasteiger partial charge in [0.05, 0.1) is 0 Å². The van der Waals surface area contributed by atoms with Gasteiger partial charge in [0.15, 0.2) is 0 Å². The van der Waals surface area contributed by atoms with Crippen LogP contribution in [0.2, 0.25) is 0 Å². The van der Waals surface area contributed by atoms with Crippen LogP contribution in [-0.2, 0) is 14.6 Å². The van der Waals surface area contributed by atoms with E-state index in [0.717, 1.165) is 12.8 Å². The molecular formula is C9H12O2SSe. The first kappa shape index (κ1) is 10.9. The molecule has 0 amide bonds. The zero-order valence-electron chi connectivity index (χ0n) is 7.18. The summed E-state index contributed by atoms with van der Waals surface area (Å²) in [6.45, 7) is 0. The van der Waals surface area contributed by atoms with Gasteiger partial charge in [-0.15, -0.1) is 0 Å². The molecule has 0 spiro atoms. The fourth-order valence-corrected chi connectivity index (χ4v) is 2.35. The van der Waals surface area contributed by atoms with Gasteiger partial charge >= 0.3 is 85.8 Å². The SMILES string of the molecule is O=S(O)(=[Se])CCCc1ccccc1. The molecule has 0 aliphatic rings. The molecule has 1 aromatic carbocycles. The molecule has 0 bridgehead atoms. The molecule has 0 fully saturated rings. The zero-order valence-corrected chi connectivity index (χ0v) is 9.71. The number of rotatable bonds is 4. The van der Waals surface area contributed by atoms with Crippen molar-refractivity contribution in [2.75, 3.05) is 5.75 Å². The zero-order chi connectivity index (χ0) is 9.73. The van der Waals surface area contributed by atoms with Crippen LogP contribution in [0.5, 0.6) is 0 Å². The molecule has 1 unspecified atom stereocenters. The third kappa shape index (κ3) is 5.21. The number of hydrogen-bond donors (Lipinski definition) is 1. The summed E-state index contributed by atoms with van der Waals surface area (Å²) in [6, 6.07) is 9.97. The van der Waals surface area contributed by atoms with Gasteiger partial charge in [-0.25, -0.2) is 0 Å². The molecule has 0 aliphatic carbocycles. The van der Waals surface area contributed by atoms with Crippen molar-refractivity contribution < 1.29 is 8.76 Å². The Balaban J connectivity index is 2.37. The van der Waals surface area contributed by atoms with Gasteiger partial charge in [-0.05, 0) is 0 Å². The molecule has 1 N–H and O–H groups in total. The molecule has 4 heteroatoms. The monoisotopic (exact) mass is 264 g/mol. The minimum absolute atomic E-state index is 0.335. The molecule has 1 aromatic rings. The second-order valence-corrected chi connectivity index (χ2v) is 7.73. The molecule has 0 radical (unpaired) electrons. The van der Waals surface area contributed by atoms with Crippen molar-refractivity contribution in [1.82, 2.24) is 0 Å². The van der Waals surface area contributed by atoms with Crippen LogP contribution in [0.15, 0.2) is 30.3 Å². The molecule has 0 saturated heterocycles. The summed E-state index contributed by atoms with van der Waals surface area (Å²) in [5, 5.41) is 0. The summed E-state index contributed by atoms with van der Waals surface area (Å²) in [4.78, 5) is 0. The Morgan fingerprint density at radius 3 is 2.46 bits per heavy atom. The van der Waals surface area contributed by atoms with Crippen LogP contribution in [-0.4, -0.2) is 28.9 Å². The van der Waals surface area contributed by atoms with E-state index in [1.54, 1.807) is 0 Å². The predicted molar refractivity (Wildman–Crippen MR) is 56.2 cm³/mol. The van der Waals surface area contributed by atoms with Crippen LogP contribution in [0, 0.1) is 0 Å². The van der Waals surface area contributed by atoms with E-state index in [0.29, 0.717) is 5.75 Å². The van der Waals surface area contributed by atoms with Crippen molar-refractivity contribution >= 4 is 22.5 Å². The molecule has 1 atom stereocenters.